The molecule has 0 aromatic heterocycles. The zero-order chi connectivity index (χ0) is 34.8. The van der Waals surface area contributed by atoms with Gasteiger partial charge in [-0.15, -0.1) is 0 Å². The topological polar surface area (TPSA) is 202 Å². The average Bonchev–Trinajstić information content (AvgIpc) is 3.03. The Bertz CT molecular complexity index is 1520. The van der Waals surface area contributed by atoms with Gasteiger partial charge >= 0.3 is 0 Å². The van der Waals surface area contributed by atoms with Crippen molar-refractivity contribution in [3.05, 3.63) is 75.5 Å². The molecule has 4 bridgehead atoms. The van der Waals surface area contributed by atoms with Crippen LogP contribution in [0.2, 0.25) is 0 Å². The van der Waals surface area contributed by atoms with E-state index < -0.39 is 95.2 Å². The monoisotopic (exact) mass is 639 g/mol. The number of benzene rings is 1. The van der Waals surface area contributed by atoms with Crippen molar-refractivity contribution in [1.82, 2.24) is 5.32 Å². The zero-order valence-corrected chi connectivity index (χ0v) is 27.2. The van der Waals surface area contributed by atoms with E-state index >= 15 is 0 Å². The first-order valence-corrected chi connectivity index (χ1v) is 15.3. The van der Waals surface area contributed by atoms with Crippen LogP contribution in [-0.2, 0) is 4.79 Å². The van der Waals surface area contributed by atoms with Gasteiger partial charge in [-0.1, -0.05) is 52.0 Å². The number of hydrogen-bond donors (Lipinski definition) is 7. The fourth-order valence-corrected chi connectivity index (χ4v) is 6.04. The number of rotatable bonds is 1. The van der Waals surface area contributed by atoms with Gasteiger partial charge in [0.25, 0.3) is 5.91 Å². The summed E-state index contributed by atoms with van der Waals surface area (Å²) in [6, 6.07) is 1.26. The van der Waals surface area contributed by atoms with E-state index in [0.29, 0.717) is 0 Å². The highest BCUT2D eigenvalue weighted by Gasteiger charge is 2.39. The first-order chi connectivity index (χ1) is 21.4. The van der Waals surface area contributed by atoms with E-state index in [-0.39, 0.29) is 33.5 Å². The third kappa shape index (κ3) is 7.29. The number of carbonyl (C=O) groups excluding carboxylic acids is 4. The van der Waals surface area contributed by atoms with Crippen LogP contribution in [0.4, 0.5) is 0 Å². The smallest absolute Gasteiger partial charge is 0.251 e. The Kier molecular flexibility index (Phi) is 11.8. The van der Waals surface area contributed by atoms with Crippen LogP contribution in [-0.4, -0.2) is 84.9 Å². The molecule has 0 radical (unpaired) electrons. The van der Waals surface area contributed by atoms with Gasteiger partial charge in [0.05, 0.1) is 42.3 Å². The number of amides is 1. The summed E-state index contributed by atoms with van der Waals surface area (Å²) >= 11 is 0. The molecular formula is C35H45NO10. The molecule has 11 nitrogen and oxygen atoms in total. The Morgan fingerprint density at radius 2 is 1.33 bits per heavy atom. The lowest BCUT2D eigenvalue weighted by Crippen LogP contribution is -2.46. The Morgan fingerprint density at radius 3 is 1.91 bits per heavy atom. The summed E-state index contributed by atoms with van der Waals surface area (Å²) in [7, 11) is 0. The highest BCUT2D eigenvalue weighted by atomic mass is 16.3. The second-order valence-corrected chi connectivity index (χ2v) is 12.7. The molecule has 0 spiro atoms. The van der Waals surface area contributed by atoms with E-state index in [0.717, 1.165) is 6.08 Å². The molecule has 0 fully saturated rings. The first kappa shape index (κ1) is 36.7. The summed E-state index contributed by atoms with van der Waals surface area (Å²) in [6.45, 7) is 10.1. The van der Waals surface area contributed by atoms with Gasteiger partial charge < -0.3 is 36.0 Å². The van der Waals surface area contributed by atoms with E-state index in [4.69, 9.17) is 0 Å². The van der Waals surface area contributed by atoms with Gasteiger partial charge in [0.2, 0.25) is 5.78 Å². The molecule has 46 heavy (non-hydrogen) atoms. The maximum absolute atomic E-state index is 13.7. The maximum Gasteiger partial charge on any atom is 0.251 e. The largest absolute Gasteiger partial charge is 0.507 e. The number of ketones is 3. The minimum Gasteiger partial charge on any atom is -0.507 e. The van der Waals surface area contributed by atoms with Crippen LogP contribution in [0.1, 0.15) is 78.2 Å². The SMILES string of the molecule is CC1=CC=CC(C)C(O)C(C)C(O)C(C)C(O)C(C)C(O)C(CO)C=C(C)C(=O)c2c(O)c(C)cc3c2C(=O)C=C(NC1=O)C3=O. The molecule has 9 atom stereocenters. The number of hydrogen-bond acceptors (Lipinski definition) is 10. The highest BCUT2D eigenvalue weighted by Crippen LogP contribution is 2.35. The van der Waals surface area contributed by atoms with Gasteiger partial charge in [-0.05, 0) is 38.0 Å². The van der Waals surface area contributed by atoms with E-state index in [1.54, 1.807) is 32.9 Å². The van der Waals surface area contributed by atoms with Crippen molar-refractivity contribution < 1.29 is 49.8 Å². The number of carbonyl (C=O) groups is 4. The van der Waals surface area contributed by atoms with Gasteiger partial charge in [0, 0.05) is 52.4 Å². The molecule has 2 heterocycles. The Morgan fingerprint density at radius 1 is 0.761 bits per heavy atom. The average molecular weight is 640 g/mol. The lowest BCUT2D eigenvalue weighted by atomic mass is 9.76. The molecule has 1 aromatic rings. The molecule has 0 saturated heterocycles. The van der Waals surface area contributed by atoms with Crippen molar-refractivity contribution in [3.63, 3.8) is 0 Å². The first-order valence-electron chi connectivity index (χ1n) is 15.3. The van der Waals surface area contributed by atoms with Gasteiger partial charge in [0.15, 0.2) is 11.6 Å². The maximum atomic E-state index is 13.7. The summed E-state index contributed by atoms with van der Waals surface area (Å²) in [5.74, 6) is -7.57. The Labute approximate surface area is 268 Å². The minimum absolute atomic E-state index is 0.0586. The summed E-state index contributed by atoms with van der Waals surface area (Å²) < 4.78 is 0. The van der Waals surface area contributed by atoms with E-state index in [2.05, 4.69) is 5.32 Å². The van der Waals surface area contributed by atoms with Crippen LogP contribution < -0.4 is 5.32 Å². The van der Waals surface area contributed by atoms with Crippen molar-refractivity contribution in [2.24, 2.45) is 29.6 Å². The lowest BCUT2D eigenvalue weighted by Gasteiger charge is -2.37. The van der Waals surface area contributed by atoms with Crippen LogP contribution in [0, 0.1) is 36.5 Å². The third-order valence-electron chi connectivity index (χ3n) is 9.34. The molecule has 1 aliphatic carbocycles. The van der Waals surface area contributed by atoms with Crippen molar-refractivity contribution in [2.45, 2.75) is 72.9 Å². The van der Waals surface area contributed by atoms with Gasteiger partial charge in [-0.25, -0.2) is 0 Å². The van der Waals surface area contributed by atoms with Crippen LogP contribution >= 0.6 is 0 Å². The Hall–Kier alpha value is -3.74. The summed E-state index contributed by atoms with van der Waals surface area (Å²) in [5, 5.41) is 67.8. The van der Waals surface area contributed by atoms with Crippen LogP contribution in [0.5, 0.6) is 5.75 Å². The molecule has 1 aromatic carbocycles. The molecule has 2 aliphatic heterocycles. The molecule has 250 valence electrons. The van der Waals surface area contributed by atoms with E-state index in [9.17, 15) is 49.8 Å². The highest BCUT2D eigenvalue weighted by molar-refractivity contribution is 6.30. The molecule has 1 amide bonds. The number of phenols is 1. The number of aryl methyl sites for hydroxylation is 1. The van der Waals surface area contributed by atoms with Crippen molar-refractivity contribution in [2.75, 3.05) is 6.61 Å². The molecule has 4 rings (SSSR count). The molecule has 11 heteroatoms. The number of aliphatic hydroxyl groups excluding tert-OH is 5. The molecule has 0 saturated carbocycles. The number of aliphatic hydroxyl groups is 5. The van der Waals surface area contributed by atoms with Gasteiger partial charge in [-0.2, -0.15) is 0 Å². The van der Waals surface area contributed by atoms with E-state index in [1.165, 1.54) is 45.9 Å². The zero-order valence-electron chi connectivity index (χ0n) is 27.2. The molecular weight excluding hydrogens is 594 g/mol. The number of aromatic hydroxyl groups is 1. The van der Waals surface area contributed by atoms with Crippen molar-refractivity contribution in [1.29, 1.82) is 0 Å². The molecule has 9 unspecified atom stereocenters. The van der Waals surface area contributed by atoms with Crippen LogP contribution in [0.25, 0.3) is 0 Å². The normalized spacial score (nSPS) is 32.1. The van der Waals surface area contributed by atoms with Crippen molar-refractivity contribution >= 4 is 23.3 Å². The molecule has 3 aliphatic rings. The number of nitrogens with one attached hydrogen (secondary N) is 1. The summed E-state index contributed by atoms with van der Waals surface area (Å²) in [6.07, 6.45) is 1.87. The van der Waals surface area contributed by atoms with Gasteiger partial charge in [-0.3, -0.25) is 19.2 Å². The second-order valence-electron chi connectivity index (χ2n) is 12.7. The summed E-state index contributed by atoms with van der Waals surface area (Å²) in [5.41, 5.74) is -1.02. The predicted molar refractivity (Wildman–Crippen MR) is 170 cm³/mol. The number of fused-ring (bicyclic) bond motifs is 15. The summed E-state index contributed by atoms with van der Waals surface area (Å²) in [4.78, 5) is 53.5. The van der Waals surface area contributed by atoms with Crippen molar-refractivity contribution in [3.8, 4) is 5.75 Å². The third-order valence-corrected chi connectivity index (χ3v) is 9.34. The Balaban J connectivity index is 2.19. The predicted octanol–water partition coefficient (Wildman–Crippen LogP) is 2.32. The quantitative estimate of drug-likeness (QED) is 0.239. The number of Topliss-reactive ketones (excluding diaryl/α,β-unsaturated/α-hetero) is 2. The molecule has 7 N–H and O–H groups in total. The second kappa shape index (κ2) is 14.8. The van der Waals surface area contributed by atoms with Crippen LogP contribution in [0.3, 0.4) is 0 Å². The fourth-order valence-electron chi connectivity index (χ4n) is 6.04. The number of allylic oxidation sites excluding steroid dienone is 5. The minimum atomic E-state index is -1.39. The standard InChI is InChI=1S/C35H45NO10/c1-15-9-8-10-16(2)35(46)36-24-13-25(38)26-23(34(24)45)12-18(4)30(41)27(26)29(40)17(3)11-22(14-37)33(44)21(7)32(43)20(6)31(42)19(5)28(15)39/h8-13,15,19-22,28,31-33,37,39,41-44H,14H2,1-7H3,(H,36,46). The van der Waals surface area contributed by atoms with E-state index in [1.807, 2.05) is 0 Å². The number of phenolic OH excluding ortho intramolecular Hbond substituents is 1. The van der Waals surface area contributed by atoms with Crippen LogP contribution in [0.15, 0.2) is 53.3 Å². The lowest BCUT2D eigenvalue weighted by molar-refractivity contribution is -0.116. The fraction of sp³-hybridized carbons (Fsp3) is 0.486. The van der Waals surface area contributed by atoms with Gasteiger partial charge in [0.1, 0.15) is 5.75 Å².